The fourth-order valence-electron chi connectivity index (χ4n) is 4.13. The third kappa shape index (κ3) is 3.73. The van der Waals surface area contributed by atoms with Gasteiger partial charge in [-0.3, -0.25) is 9.69 Å². The third-order valence-electron chi connectivity index (χ3n) is 5.97. The molecule has 1 unspecified atom stereocenters. The second-order valence-electron chi connectivity index (χ2n) is 7.58. The first-order valence-corrected chi connectivity index (χ1v) is 9.17. The number of rotatable bonds is 4. The van der Waals surface area contributed by atoms with Crippen LogP contribution in [0, 0.1) is 16.7 Å². The van der Waals surface area contributed by atoms with Gasteiger partial charge in [-0.2, -0.15) is 5.26 Å². The molecule has 0 aromatic heterocycles. The summed E-state index contributed by atoms with van der Waals surface area (Å²) < 4.78 is 0. The lowest BCUT2D eigenvalue weighted by atomic mass is 9.72. The van der Waals surface area contributed by atoms with Gasteiger partial charge in [-0.15, -0.1) is 0 Å². The molecule has 1 N–H and O–H groups in total. The molecular formula is C20H25N3O3. The fraction of sp³-hybridized carbons (Fsp3) is 0.550. The maximum atomic E-state index is 12.2. The molecule has 1 aromatic carbocycles. The molecule has 0 radical (unpaired) electrons. The number of likely N-dealkylation sites (tertiary alicyclic amines) is 2. The lowest BCUT2D eigenvalue weighted by Crippen LogP contribution is -2.55. The van der Waals surface area contributed by atoms with Crippen LogP contribution in [0.5, 0.6) is 0 Å². The van der Waals surface area contributed by atoms with E-state index >= 15 is 0 Å². The third-order valence-corrected chi connectivity index (χ3v) is 5.97. The predicted molar refractivity (Wildman–Crippen MR) is 96.1 cm³/mol. The molecule has 6 nitrogen and oxygen atoms in total. The van der Waals surface area contributed by atoms with Crippen LogP contribution in [-0.4, -0.2) is 52.5 Å². The van der Waals surface area contributed by atoms with E-state index in [-0.39, 0.29) is 11.3 Å². The van der Waals surface area contributed by atoms with Gasteiger partial charge in [0.05, 0.1) is 11.6 Å². The van der Waals surface area contributed by atoms with Crippen molar-refractivity contribution in [3.63, 3.8) is 0 Å². The van der Waals surface area contributed by atoms with Crippen LogP contribution in [0.3, 0.4) is 0 Å². The Morgan fingerprint density at radius 2 is 2.00 bits per heavy atom. The van der Waals surface area contributed by atoms with Crippen molar-refractivity contribution in [1.82, 2.24) is 9.80 Å². The molecule has 0 aliphatic carbocycles. The second kappa shape index (κ2) is 7.46. The largest absolute Gasteiger partial charge is 0.480 e. The average Bonchev–Trinajstić information content (AvgIpc) is 2.65. The number of carboxylic acids is 1. The van der Waals surface area contributed by atoms with Crippen molar-refractivity contribution in [3.8, 4) is 6.07 Å². The number of hydrogen-bond donors (Lipinski definition) is 1. The van der Waals surface area contributed by atoms with Crippen LogP contribution in [0.4, 0.5) is 0 Å². The summed E-state index contributed by atoms with van der Waals surface area (Å²) in [6, 6.07) is 9.17. The summed E-state index contributed by atoms with van der Waals surface area (Å²) in [5.74, 6) is -0.989. The van der Waals surface area contributed by atoms with Gasteiger partial charge in [-0.25, -0.2) is 4.79 Å². The van der Waals surface area contributed by atoms with Gasteiger partial charge < -0.3 is 10.0 Å². The zero-order valence-electron chi connectivity index (χ0n) is 15.1. The molecule has 2 heterocycles. The van der Waals surface area contributed by atoms with E-state index in [0.29, 0.717) is 13.0 Å². The Balaban J connectivity index is 1.63. The zero-order chi connectivity index (χ0) is 18.7. The van der Waals surface area contributed by atoms with Crippen LogP contribution in [0.2, 0.25) is 0 Å². The minimum atomic E-state index is -0.944. The summed E-state index contributed by atoms with van der Waals surface area (Å²) in [7, 11) is 0. The monoisotopic (exact) mass is 355 g/mol. The summed E-state index contributed by atoms with van der Waals surface area (Å²) in [5, 5.41) is 18.5. The highest BCUT2D eigenvalue weighted by molar-refractivity contribution is 5.84. The number of nitrogens with zero attached hydrogens (tertiary/aromatic N) is 3. The summed E-state index contributed by atoms with van der Waals surface area (Å²) in [6.07, 6.45) is 3.20. The number of piperidine rings is 2. The average molecular weight is 355 g/mol. The van der Waals surface area contributed by atoms with E-state index < -0.39 is 12.0 Å². The van der Waals surface area contributed by atoms with Gasteiger partial charge in [0.1, 0.15) is 6.04 Å². The lowest BCUT2D eigenvalue weighted by Gasteiger charge is -2.48. The van der Waals surface area contributed by atoms with Gasteiger partial charge in [0.2, 0.25) is 5.91 Å². The van der Waals surface area contributed by atoms with Crippen molar-refractivity contribution in [2.24, 2.45) is 5.41 Å². The topological polar surface area (TPSA) is 84.6 Å². The molecule has 2 aliphatic heterocycles. The minimum Gasteiger partial charge on any atom is -0.480 e. The Morgan fingerprint density at radius 3 is 2.65 bits per heavy atom. The normalized spacial score (nSPS) is 21.4. The molecule has 1 aromatic rings. The summed E-state index contributed by atoms with van der Waals surface area (Å²) in [4.78, 5) is 27.4. The van der Waals surface area contributed by atoms with Crippen LogP contribution >= 0.6 is 0 Å². The van der Waals surface area contributed by atoms with E-state index in [2.05, 4.69) is 11.0 Å². The Hall–Kier alpha value is -2.39. The van der Waals surface area contributed by atoms with Gasteiger partial charge in [-0.1, -0.05) is 18.2 Å². The first kappa shape index (κ1) is 18.4. The number of aliphatic carboxylic acids is 1. The quantitative estimate of drug-likeness (QED) is 0.895. The number of carbonyl (C=O) groups excluding carboxylic acids is 1. The Bertz CT molecular complexity index is 732. The SMILES string of the molecule is CC(C(=O)O)N1CC2(CCC1=O)CCN(Cc1ccccc1C#N)CC2. The van der Waals surface area contributed by atoms with Gasteiger partial charge in [0.15, 0.2) is 0 Å². The summed E-state index contributed by atoms with van der Waals surface area (Å²) >= 11 is 0. The molecule has 3 rings (SSSR count). The molecule has 0 saturated carbocycles. The van der Waals surface area contributed by atoms with Crippen LogP contribution in [-0.2, 0) is 16.1 Å². The maximum Gasteiger partial charge on any atom is 0.326 e. The highest BCUT2D eigenvalue weighted by atomic mass is 16.4. The molecule has 1 spiro atoms. The number of nitriles is 1. The van der Waals surface area contributed by atoms with Crippen molar-refractivity contribution < 1.29 is 14.7 Å². The van der Waals surface area contributed by atoms with Gasteiger partial charge >= 0.3 is 5.97 Å². The molecule has 1 amide bonds. The van der Waals surface area contributed by atoms with Crippen LogP contribution in [0.15, 0.2) is 24.3 Å². The van der Waals surface area contributed by atoms with Crippen molar-refractivity contribution >= 4 is 11.9 Å². The van der Waals surface area contributed by atoms with Crippen LogP contribution in [0.1, 0.15) is 43.7 Å². The fourth-order valence-corrected chi connectivity index (χ4v) is 4.13. The van der Waals surface area contributed by atoms with E-state index in [1.165, 1.54) is 0 Å². The number of carbonyl (C=O) groups is 2. The molecular weight excluding hydrogens is 330 g/mol. The number of hydrogen-bond acceptors (Lipinski definition) is 4. The maximum absolute atomic E-state index is 12.2. The van der Waals surface area contributed by atoms with E-state index in [1.807, 2.05) is 24.3 Å². The van der Waals surface area contributed by atoms with Gasteiger partial charge in [0, 0.05) is 19.5 Å². The lowest BCUT2D eigenvalue weighted by molar-refractivity contribution is -0.155. The first-order valence-electron chi connectivity index (χ1n) is 9.17. The van der Waals surface area contributed by atoms with E-state index in [1.54, 1.807) is 11.8 Å². The van der Waals surface area contributed by atoms with Gasteiger partial charge in [0.25, 0.3) is 0 Å². The molecule has 1 atom stereocenters. The molecule has 2 aliphatic rings. The minimum absolute atomic E-state index is 0.0306. The second-order valence-corrected chi connectivity index (χ2v) is 7.58. The first-order chi connectivity index (χ1) is 12.4. The highest BCUT2D eigenvalue weighted by Gasteiger charge is 2.43. The van der Waals surface area contributed by atoms with Crippen molar-refractivity contribution in [1.29, 1.82) is 5.26 Å². The number of benzene rings is 1. The Morgan fingerprint density at radius 1 is 1.31 bits per heavy atom. The zero-order valence-corrected chi connectivity index (χ0v) is 15.1. The number of amides is 1. The molecule has 26 heavy (non-hydrogen) atoms. The van der Waals surface area contributed by atoms with Crippen LogP contribution in [0.25, 0.3) is 0 Å². The Labute approximate surface area is 154 Å². The molecule has 6 heteroatoms. The van der Waals surface area contributed by atoms with Crippen molar-refractivity contribution in [2.75, 3.05) is 19.6 Å². The highest BCUT2D eigenvalue weighted by Crippen LogP contribution is 2.41. The van der Waals surface area contributed by atoms with E-state index in [4.69, 9.17) is 0 Å². The molecule has 2 saturated heterocycles. The molecule has 2 fully saturated rings. The summed E-state index contributed by atoms with van der Waals surface area (Å²) in [6.45, 7) is 4.70. The van der Waals surface area contributed by atoms with E-state index in [9.17, 15) is 20.0 Å². The van der Waals surface area contributed by atoms with Crippen LogP contribution < -0.4 is 0 Å². The Kier molecular flexibility index (Phi) is 5.28. The van der Waals surface area contributed by atoms with Crippen molar-refractivity contribution in [2.45, 2.75) is 45.2 Å². The predicted octanol–water partition coefficient (Wildman–Crippen LogP) is 2.24. The van der Waals surface area contributed by atoms with Gasteiger partial charge in [-0.05, 0) is 56.3 Å². The van der Waals surface area contributed by atoms with Crippen molar-refractivity contribution in [3.05, 3.63) is 35.4 Å². The number of carboxylic acid groups (broad SMARTS) is 1. The standard InChI is InChI=1S/C20H25N3O3/c1-15(19(25)26)23-14-20(7-6-18(23)24)8-10-22(11-9-20)13-17-5-3-2-4-16(17)12-21/h2-5,15H,6-11,13-14H2,1H3,(H,25,26). The smallest absolute Gasteiger partial charge is 0.326 e. The summed E-state index contributed by atoms with van der Waals surface area (Å²) in [5.41, 5.74) is 1.80. The van der Waals surface area contributed by atoms with E-state index in [0.717, 1.165) is 50.0 Å². The molecule has 138 valence electrons. The molecule has 0 bridgehead atoms.